The summed E-state index contributed by atoms with van der Waals surface area (Å²) in [7, 11) is 0. The summed E-state index contributed by atoms with van der Waals surface area (Å²) < 4.78 is 44.3. The first-order chi connectivity index (χ1) is 16.8. The highest BCUT2D eigenvalue weighted by Gasteiger charge is 2.30. The van der Waals surface area contributed by atoms with Crippen LogP contribution in [0.5, 0.6) is 0 Å². The molecule has 2 heterocycles. The molecule has 2 N–H and O–H groups in total. The molecule has 2 aromatic heterocycles. The number of amides is 1. The molecule has 0 saturated carbocycles. The average Bonchev–Trinajstić information content (AvgIpc) is 3.46. The fourth-order valence-corrected chi connectivity index (χ4v) is 4.54. The third-order valence-corrected chi connectivity index (χ3v) is 6.43. The van der Waals surface area contributed by atoms with Crippen LogP contribution >= 0.6 is 11.8 Å². The van der Waals surface area contributed by atoms with Gasteiger partial charge in [-0.1, -0.05) is 55.4 Å². The number of thioether (sulfide) groups is 1. The number of nitrogens with one attached hydrogen (secondary N) is 2. The number of hydrogen-bond acceptors (Lipinski definition) is 5. The molecule has 4 aromatic rings. The minimum Gasteiger partial charge on any atom is -0.414 e. The Bertz CT molecular complexity index is 1270. The number of nitrogens with zero attached hydrogens (tertiary/aromatic N) is 2. The summed E-state index contributed by atoms with van der Waals surface area (Å²) in [5.41, 5.74) is 1.66. The van der Waals surface area contributed by atoms with Gasteiger partial charge >= 0.3 is 6.18 Å². The lowest BCUT2D eigenvalue weighted by atomic mass is 10.0. The summed E-state index contributed by atoms with van der Waals surface area (Å²) in [6.45, 7) is 2.10. The van der Waals surface area contributed by atoms with Crippen molar-refractivity contribution >= 4 is 28.6 Å². The Morgan fingerprint density at radius 2 is 1.91 bits per heavy atom. The van der Waals surface area contributed by atoms with Crippen molar-refractivity contribution in [2.45, 2.75) is 50.0 Å². The molecule has 0 fully saturated rings. The first-order valence-electron chi connectivity index (χ1n) is 11.3. The molecule has 184 valence electrons. The highest BCUT2D eigenvalue weighted by Crippen LogP contribution is 2.29. The van der Waals surface area contributed by atoms with Gasteiger partial charge in [0.2, 0.25) is 11.8 Å². The van der Waals surface area contributed by atoms with Crippen LogP contribution in [0.4, 0.5) is 13.2 Å². The normalized spacial score (nSPS) is 12.7. The number of para-hydroxylation sites is 1. The highest BCUT2D eigenvalue weighted by atomic mass is 32.2. The molecule has 4 rings (SSSR count). The second kappa shape index (κ2) is 11.0. The second-order valence-corrected chi connectivity index (χ2v) is 9.21. The number of benzene rings is 2. The number of halogens is 3. The van der Waals surface area contributed by atoms with E-state index in [9.17, 15) is 18.0 Å². The Morgan fingerprint density at radius 1 is 1.14 bits per heavy atom. The van der Waals surface area contributed by atoms with E-state index in [0.717, 1.165) is 47.2 Å². The van der Waals surface area contributed by atoms with Gasteiger partial charge in [-0.2, -0.15) is 13.2 Å². The van der Waals surface area contributed by atoms with Crippen LogP contribution in [0.2, 0.25) is 0 Å². The molecule has 35 heavy (non-hydrogen) atoms. The zero-order chi connectivity index (χ0) is 24.8. The minimum atomic E-state index is -4.42. The van der Waals surface area contributed by atoms with Crippen LogP contribution in [0.25, 0.3) is 10.9 Å². The topological polar surface area (TPSA) is 83.8 Å². The molecule has 0 spiro atoms. The second-order valence-electron chi connectivity index (χ2n) is 8.16. The van der Waals surface area contributed by atoms with Gasteiger partial charge in [0.05, 0.1) is 12.0 Å². The number of rotatable bonds is 10. The molecule has 0 aliphatic rings. The maximum absolute atomic E-state index is 12.9. The molecule has 0 aliphatic carbocycles. The van der Waals surface area contributed by atoms with Crippen LogP contribution in [0.15, 0.2) is 64.4 Å². The molecule has 0 bridgehead atoms. The van der Waals surface area contributed by atoms with Gasteiger partial charge < -0.3 is 14.7 Å². The first-order valence-corrected chi connectivity index (χ1v) is 12.3. The number of aromatic amines is 1. The Balaban J connectivity index is 1.51. The SMILES string of the molecule is CCCCSc1nnc([C@H](Cc2c[nH]c3ccccc23)NC(=O)Cc2ccc(C(F)(F)F)cc2)o1. The smallest absolute Gasteiger partial charge is 0.414 e. The summed E-state index contributed by atoms with van der Waals surface area (Å²) in [6.07, 6.45) is -0.135. The summed E-state index contributed by atoms with van der Waals surface area (Å²) in [5.74, 6) is 0.786. The van der Waals surface area contributed by atoms with Crippen LogP contribution in [0, 0.1) is 0 Å². The van der Waals surface area contributed by atoms with Gasteiger partial charge in [-0.3, -0.25) is 4.79 Å². The molecule has 0 unspecified atom stereocenters. The number of aromatic nitrogens is 3. The van der Waals surface area contributed by atoms with E-state index in [0.29, 0.717) is 17.2 Å². The van der Waals surface area contributed by atoms with Gasteiger partial charge in [-0.25, -0.2) is 0 Å². The van der Waals surface area contributed by atoms with Crippen molar-refractivity contribution < 1.29 is 22.4 Å². The van der Waals surface area contributed by atoms with E-state index in [-0.39, 0.29) is 18.2 Å². The Morgan fingerprint density at radius 3 is 2.66 bits per heavy atom. The van der Waals surface area contributed by atoms with Crippen molar-refractivity contribution in [1.29, 1.82) is 0 Å². The Hall–Kier alpha value is -3.27. The predicted octanol–water partition coefficient (Wildman–Crippen LogP) is 6.10. The van der Waals surface area contributed by atoms with E-state index >= 15 is 0 Å². The lowest BCUT2D eigenvalue weighted by Gasteiger charge is -2.15. The van der Waals surface area contributed by atoms with Gasteiger partial charge in [-0.15, -0.1) is 10.2 Å². The lowest BCUT2D eigenvalue weighted by molar-refractivity contribution is -0.137. The largest absolute Gasteiger partial charge is 0.416 e. The monoisotopic (exact) mass is 502 g/mol. The summed E-state index contributed by atoms with van der Waals surface area (Å²) in [6, 6.07) is 11.8. The Kier molecular flexibility index (Phi) is 7.80. The number of fused-ring (bicyclic) bond motifs is 1. The van der Waals surface area contributed by atoms with E-state index in [1.165, 1.54) is 23.9 Å². The van der Waals surface area contributed by atoms with Crippen molar-refractivity contribution in [2.24, 2.45) is 0 Å². The minimum absolute atomic E-state index is 0.0746. The average molecular weight is 503 g/mol. The molecular weight excluding hydrogens is 477 g/mol. The van der Waals surface area contributed by atoms with Gasteiger partial charge in [0.15, 0.2) is 0 Å². The number of hydrogen-bond donors (Lipinski definition) is 2. The maximum atomic E-state index is 12.9. The lowest BCUT2D eigenvalue weighted by Crippen LogP contribution is -2.31. The fraction of sp³-hybridized carbons (Fsp3) is 0.320. The van der Waals surface area contributed by atoms with Crippen LogP contribution in [0.3, 0.4) is 0 Å². The fourth-order valence-electron chi connectivity index (χ4n) is 3.69. The van der Waals surface area contributed by atoms with E-state index in [4.69, 9.17) is 4.42 Å². The van der Waals surface area contributed by atoms with Crippen molar-refractivity contribution in [3.05, 3.63) is 77.3 Å². The maximum Gasteiger partial charge on any atom is 0.416 e. The molecule has 1 amide bonds. The number of unbranched alkanes of at least 4 members (excludes halogenated alkanes) is 1. The van der Waals surface area contributed by atoms with Gasteiger partial charge in [0.1, 0.15) is 6.04 Å². The van der Waals surface area contributed by atoms with Crippen LogP contribution in [-0.4, -0.2) is 26.8 Å². The molecule has 2 aromatic carbocycles. The molecule has 0 aliphatic heterocycles. The molecule has 0 radical (unpaired) electrons. The summed E-state index contributed by atoms with van der Waals surface area (Å²) >= 11 is 1.47. The van der Waals surface area contributed by atoms with Gasteiger partial charge in [0, 0.05) is 29.3 Å². The van der Waals surface area contributed by atoms with E-state index in [2.05, 4.69) is 27.4 Å². The molecule has 6 nitrogen and oxygen atoms in total. The van der Waals surface area contributed by atoms with Gasteiger partial charge in [-0.05, 0) is 35.7 Å². The number of carbonyl (C=O) groups excluding carboxylic acids is 1. The van der Waals surface area contributed by atoms with Crippen molar-refractivity contribution in [2.75, 3.05) is 5.75 Å². The van der Waals surface area contributed by atoms with Crippen molar-refractivity contribution in [3.8, 4) is 0 Å². The van der Waals surface area contributed by atoms with Crippen molar-refractivity contribution in [1.82, 2.24) is 20.5 Å². The number of carbonyl (C=O) groups is 1. The first kappa shape index (κ1) is 24.8. The summed E-state index contributed by atoms with van der Waals surface area (Å²) in [5, 5.41) is 12.7. The highest BCUT2D eigenvalue weighted by molar-refractivity contribution is 7.99. The zero-order valence-electron chi connectivity index (χ0n) is 19.1. The molecular formula is C25H25F3N4O2S. The quantitative estimate of drug-likeness (QED) is 0.202. The van der Waals surface area contributed by atoms with Crippen LogP contribution in [0.1, 0.15) is 48.4 Å². The van der Waals surface area contributed by atoms with E-state index in [1.54, 1.807) is 0 Å². The summed E-state index contributed by atoms with van der Waals surface area (Å²) in [4.78, 5) is 16.1. The van der Waals surface area contributed by atoms with E-state index < -0.39 is 17.8 Å². The Labute approximate surface area is 204 Å². The number of H-pyrrole nitrogens is 1. The van der Waals surface area contributed by atoms with Crippen molar-refractivity contribution in [3.63, 3.8) is 0 Å². The number of alkyl halides is 3. The van der Waals surface area contributed by atoms with Gasteiger partial charge in [0.25, 0.3) is 5.22 Å². The third-order valence-electron chi connectivity index (χ3n) is 5.52. The molecule has 0 saturated heterocycles. The van der Waals surface area contributed by atoms with Crippen LogP contribution in [-0.2, 0) is 23.8 Å². The predicted molar refractivity (Wildman–Crippen MR) is 128 cm³/mol. The zero-order valence-corrected chi connectivity index (χ0v) is 19.9. The van der Waals surface area contributed by atoms with Crippen LogP contribution < -0.4 is 5.32 Å². The standard InChI is InChI=1S/C25H25F3N4O2S/c1-2-3-12-35-24-32-31-23(34-24)21(14-17-15-29-20-7-5-4-6-19(17)20)30-22(33)13-16-8-10-18(11-9-16)25(26,27)28/h4-11,15,21,29H,2-3,12-14H2,1H3,(H,30,33)/t21-/m0/s1. The van der Waals surface area contributed by atoms with E-state index in [1.807, 2.05) is 30.5 Å². The molecule has 10 heteroatoms. The third kappa shape index (κ3) is 6.45. The molecule has 1 atom stereocenters.